The number of carbonyl (C=O) groups excluding carboxylic acids is 3. The molecule has 0 aromatic carbocycles. The molecular weight excluding hydrogens is 274 g/mol. The lowest BCUT2D eigenvalue weighted by molar-refractivity contribution is -0.130. The number of hydrogen-bond acceptors (Lipinski definition) is 4. The number of primary amides is 1. The fourth-order valence-electron chi connectivity index (χ4n) is 1.65. The zero-order valence-corrected chi connectivity index (χ0v) is 12.9. The standard InChI is InChI=1S/C13H27N5O3/c1-4-16-11(19)9(6-5-7-17-13(15)21)18-12(20)10(14)8(2)3/h8-10H,4-7,14H2,1-3H3,(H,16,19)(H,18,20)(H3,15,17,21). The summed E-state index contributed by atoms with van der Waals surface area (Å²) in [6.45, 7) is 6.29. The second-order valence-electron chi connectivity index (χ2n) is 5.16. The van der Waals surface area contributed by atoms with Crippen LogP contribution in [-0.4, -0.2) is 43.0 Å². The second-order valence-corrected chi connectivity index (χ2v) is 5.16. The highest BCUT2D eigenvalue weighted by atomic mass is 16.2. The third-order valence-corrected chi connectivity index (χ3v) is 2.97. The van der Waals surface area contributed by atoms with Crippen LogP contribution in [0.1, 0.15) is 33.6 Å². The van der Waals surface area contributed by atoms with Crippen molar-refractivity contribution in [1.82, 2.24) is 16.0 Å². The van der Waals surface area contributed by atoms with E-state index in [1.165, 1.54) is 0 Å². The van der Waals surface area contributed by atoms with E-state index in [1.807, 2.05) is 13.8 Å². The largest absolute Gasteiger partial charge is 0.355 e. The van der Waals surface area contributed by atoms with E-state index >= 15 is 0 Å². The van der Waals surface area contributed by atoms with Gasteiger partial charge in [-0.1, -0.05) is 13.8 Å². The molecule has 2 atom stereocenters. The molecule has 21 heavy (non-hydrogen) atoms. The first-order valence-corrected chi connectivity index (χ1v) is 7.16. The molecule has 0 saturated heterocycles. The van der Waals surface area contributed by atoms with Crippen molar-refractivity contribution < 1.29 is 14.4 Å². The highest BCUT2D eigenvalue weighted by Crippen LogP contribution is 2.02. The molecular formula is C13H27N5O3. The van der Waals surface area contributed by atoms with Crippen LogP contribution < -0.4 is 27.4 Å². The molecule has 0 rings (SSSR count). The smallest absolute Gasteiger partial charge is 0.312 e. The van der Waals surface area contributed by atoms with E-state index < -0.39 is 18.1 Å². The van der Waals surface area contributed by atoms with Crippen molar-refractivity contribution in [3.63, 3.8) is 0 Å². The van der Waals surface area contributed by atoms with E-state index in [9.17, 15) is 14.4 Å². The minimum atomic E-state index is -0.670. The quantitative estimate of drug-likeness (QED) is 0.350. The van der Waals surface area contributed by atoms with E-state index in [0.29, 0.717) is 25.9 Å². The Kier molecular flexibility index (Phi) is 9.11. The van der Waals surface area contributed by atoms with E-state index in [2.05, 4.69) is 16.0 Å². The summed E-state index contributed by atoms with van der Waals surface area (Å²) < 4.78 is 0. The second kappa shape index (κ2) is 9.98. The van der Waals surface area contributed by atoms with Crippen LogP contribution in [-0.2, 0) is 9.59 Å². The number of amides is 4. The van der Waals surface area contributed by atoms with Crippen LogP contribution in [0, 0.1) is 5.92 Å². The van der Waals surface area contributed by atoms with Gasteiger partial charge in [0.05, 0.1) is 6.04 Å². The monoisotopic (exact) mass is 301 g/mol. The van der Waals surface area contributed by atoms with Crippen molar-refractivity contribution in [2.24, 2.45) is 17.4 Å². The van der Waals surface area contributed by atoms with Crippen LogP contribution >= 0.6 is 0 Å². The van der Waals surface area contributed by atoms with Gasteiger partial charge < -0.3 is 27.4 Å². The molecule has 0 radical (unpaired) electrons. The Hall–Kier alpha value is -1.83. The van der Waals surface area contributed by atoms with E-state index in [1.54, 1.807) is 6.92 Å². The van der Waals surface area contributed by atoms with Gasteiger partial charge in [0, 0.05) is 13.1 Å². The van der Waals surface area contributed by atoms with E-state index in [0.717, 1.165) is 0 Å². The number of rotatable bonds is 9. The van der Waals surface area contributed by atoms with Crippen LogP contribution in [0.4, 0.5) is 4.79 Å². The molecule has 4 amide bonds. The van der Waals surface area contributed by atoms with Crippen molar-refractivity contribution in [2.45, 2.75) is 45.7 Å². The van der Waals surface area contributed by atoms with Gasteiger partial charge in [-0.3, -0.25) is 9.59 Å². The van der Waals surface area contributed by atoms with Crippen LogP contribution in [0.25, 0.3) is 0 Å². The minimum absolute atomic E-state index is 0.0172. The van der Waals surface area contributed by atoms with Gasteiger partial charge in [-0.05, 0) is 25.7 Å². The first kappa shape index (κ1) is 19.2. The number of nitrogens with two attached hydrogens (primary N) is 2. The summed E-state index contributed by atoms with van der Waals surface area (Å²) in [6.07, 6.45) is 0.907. The highest BCUT2D eigenvalue weighted by molar-refractivity contribution is 5.89. The number of hydrogen-bond donors (Lipinski definition) is 5. The zero-order valence-electron chi connectivity index (χ0n) is 12.9. The average molecular weight is 301 g/mol. The number of carbonyl (C=O) groups is 3. The minimum Gasteiger partial charge on any atom is -0.355 e. The Balaban J connectivity index is 4.48. The van der Waals surface area contributed by atoms with Gasteiger partial charge in [-0.25, -0.2) is 4.79 Å². The highest BCUT2D eigenvalue weighted by Gasteiger charge is 2.24. The van der Waals surface area contributed by atoms with Gasteiger partial charge in [0.1, 0.15) is 6.04 Å². The third kappa shape index (κ3) is 8.13. The van der Waals surface area contributed by atoms with Crippen LogP contribution in [0.2, 0.25) is 0 Å². The van der Waals surface area contributed by atoms with Gasteiger partial charge in [-0.15, -0.1) is 0 Å². The molecule has 0 aromatic heterocycles. The molecule has 122 valence electrons. The summed E-state index contributed by atoms with van der Waals surface area (Å²) in [5, 5.41) is 7.75. The summed E-state index contributed by atoms with van der Waals surface area (Å²) in [7, 11) is 0. The lowest BCUT2D eigenvalue weighted by atomic mass is 10.0. The summed E-state index contributed by atoms with van der Waals surface area (Å²) in [4.78, 5) is 34.4. The first-order chi connectivity index (χ1) is 9.79. The predicted molar refractivity (Wildman–Crippen MR) is 80.2 cm³/mol. The summed E-state index contributed by atoms with van der Waals surface area (Å²) in [5.74, 6) is -0.638. The van der Waals surface area contributed by atoms with Gasteiger partial charge in [0.2, 0.25) is 11.8 Å². The van der Waals surface area contributed by atoms with Crippen molar-refractivity contribution in [2.75, 3.05) is 13.1 Å². The maximum atomic E-state index is 11.9. The van der Waals surface area contributed by atoms with E-state index in [-0.39, 0.29) is 17.7 Å². The molecule has 0 aliphatic carbocycles. The molecule has 7 N–H and O–H groups in total. The molecule has 0 saturated carbocycles. The number of urea groups is 1. The average Bonchev–Trinajstić information content (AvgIpc) is 2.40. The molecule has 0 fully saturated rings. The van der Waals surface area contributed by atoms with Crippen molar-refractivity contribution in [3.05, 3.63) is 0 Å². The van der Waals surface area contributed by atoms with Crippen LogP contribution in [0.15, 0.2) is 0 Å². The topological polar surface area (TPSA) is 139 Å². The van der Waals surface area contributed by atoms with Crippen LogP contribution in [0.3, 0.4) is 0 Å². The molecule has 8 heteroatoms. The Labute approximate surface area is 125 Å². The molecule has 0 aliphatic rings. The molecule has 0 aromatic rings. The fraction of sp³-hybridized carbons (Fsp3) is 0.769. The normalized spacial score (nSPS) is 13.4. The van der Waals surface area contributed by atoms with Gasteiger partial charge in [-0.2, -0.15) is 0 Å². The summed E-state index contributed by atoms with van der Waals surface area (Å²) in [6, 6.07) is -1.95. The maximum Gasteiger partial charge on any atom is 0.312 e. The number of likely N-dealkylation sites (N-methyl/N-ethyl adjacent to an activating group) is 1. The summed E-state index contributed by atoms with van der Waals surface area (Å²) in [5.41, 5.74) is 10.7. The van der Waals surface area contributed by atoms with Crippen molar-refractivity contribution in [1.29, 1.82) is 0 Å². The molecule has 2 unspecified atom stereocenters. The van der Waals surface area contributed by atoms with Gasteiger partial charge in [0.25, 0.3) is 0 Å². The molecule has 0 spiro atoms. The Bertz CT molecular complexity index is 360. The molecule has 0 aliphatic heterocycles. The van der Waals surface area contributed by atoms with Crippen LogP contribution in [0.5, 0.6) is 0 Å². The zero-order chi connectivity index (χ0) is 16.4. The Morgan fingerprint density at radius 1 is 1.10 bits per heavy atom. The summed E-state index contributed by atoms with van der Waals surface area (Å²) >= 11 is 0. The Morgan fingerprint density at radius 3 is 2.19 bits per heavy atom. The molecule has 0 bridgehead atoms. The van der Waals surface area contributed by atoms with E-state index in [4.69, 9.17) is 11.5 Å². The Morgan fingerprint density at radius 2 is 1.71 bits per heavy atom. The number of nitrogens with one attached hydrogen (secondary N) is 3. The lowest BCUT2D eigenvalue weighted by Crippen LogP contribution is -2.53. The fourth-order valence-corrected chi connectivity index (χ4v) is 1.65. The maximum absolute atomic E-state index is 11.9. The van der Waals surface area contributed by atoms with Crippen molar-refractivity contribution >= 4 is 17.8 Å². The lowest BCUT2D eigenvalue weighted by Gasteiger charge is -2.22. The first-order valence-electron chi connectivity index (χ1n) is 7.16. The predicted octanol–water partition coefficient (Wildman–Crippen LogP) is -0.961. The van der Waals surface area contributed by atoms with Gasteiger partial charge in [0.15, 0.2) is 0 Å². The molecule has 8 nitrogen and oxygen atoms in total. The van der Waals surface area contributed by atoms with Crippen molar-refractivity contribution in [3.8, 4) is 0 Å². The SMILES string of the molecule is CCNC(=O)C(CCCNC(N)=O)NC(=O)C(N)C(C)C. The molecule has 0 heterocycles. The van der Waals surface area contributed by atoms with Gasteiger partial charge >= 0.3 is 6.03 Å². The third-order valence-electron chi connectivity index (χ3n) is 2.97.